The minimum Gasteiger partial charge on any atom is -0.354 e. The Kier molecular flexibility index (Phi) is 4.95. The van der Waals surface area contributed by atoms with Gasteiger partial charge in [0.05, 0.1) is 23.9 Å². The van der Waals surface area contributed by atoms with Crippen LogP contribution in [0.25, 0.3) is 0 Å². The molecule has 0 aliphatic carbocycles. The fourth-order valence-electron chi connectivity index (χ4n) is 3.13. The number of amides is 1. The van der Waals surface area contributed by atoms with Crippen molar-refractivity contribution in [2.75, 3.05) is 28.8 Å². The second kappa shape index (κ2) is 7.03. The molecule has 2 aromatic rings. The Labute approximate surface area is 153 Å². The fraction of sp³-hybridized carbons (Fsp3) is 0.389. The molecule has 0 saturated carbocycles. The molecule has 0 spiro atoms. The zero-order chi connectivity index (χ0) is 18.9. The van der Waals surface area contributed by atoms with E-state index in [9.17, 15) is 13.2 Å². The van der Waals surface area contributed by atoms with Crippen LogP contribution in [0.5, 0.6) is 0 Å². The molecular weight excluding hydrogens is 352 g/mol. The number of nitrogens with one attached hydrogen (secondary N) is 1. The van der Waals surface area contributed by atoms with Crippen LogP contribution < -0.4 is 10.2 Å². The summed E-state index contributed by atoms with van der Waals surface area (Å²) in [6.45, 7) is 3.94. The van der Waals surface area contributed by atoms with Crippen LogP contribution in [0.3, 0.4) is 0 Å². The monoisotopic (exact) mass is 374 g/mol. The van der Waals surface area contributed by atoms with E-state index in [1.54, 1.807) is 7.05 Å². The highest BCUT2D eigenvalue weighted by molar-refractivity contribution is 7.91. The van der Waals surface area contributed by atoms with Gasteiger partial charge < -0.3 is 10.2 Å². The Morgan fingerprint density at radius 1 is 1.15 bits per heavy atom. The average Bonchev–Trinajstić information content (AvgIpc) is 2.93. The van der Waals surface area contributed by atoms with Crippen LogP contribution in [0.2, 0.25) is 0 Å². The van der Waals surface area contributed by atoms with E-state index in [1.807, 2.05) is 36.9 Å². The maximum Gasteiger partial charge on any atom is 0.275 e. The largest absolute Gasteiger partial charge is 0.354 e. The van der Waals surface area contributed by atoms with Crippen LogP contribution >= 0.6 is 0 Å². The second-order valence-electron chi connectivity index (χ2n) is 6.76. The molecule has 1 atom stereocenters. The molecular formula is C18H22N4O3S. The molecule has 138 valence electrons. The van der Waals surface area contributed by atoms with E-state index in [0.717, 1.165) is 11.1 Å². The van der Waals surface area contributed by atoms with Crippen molar-refractivity contribution >= 4 is 27.2 Å². The van der Waals surface area contributed by atoms with E-state index in [2.05, 4.69) is 15.3 Å². The van der Waals surface area contributed by atoms with Crippen molar-refractivity contribution in [2.45, 2.75) is 26.3 Å². The number of benzene rings is 1. The first kappa shape index (κ1) is 18.3. The molecule has 1 aliphatic heterocycles. The first-order chi connectivity index (χ1) is 12.2. The highest BCUT2D eigenvalue weighted by Gasteiger charge is 2.31. The third kappa shape index (κ3) is 4.19. The number of carbonyl (C=O) groups excluding carboxylic acids is 1. The van der Waals surface area contributed by atoms with Gasteiger partial charge in [-0.1, -0.05) is 6.07 Å². The van der Waals surface area contributed by atoms with E-state index in [-0.39, 0.29) is 29.1 Å². The number of rotatable bonds is 4. The molecule has 1 aliphatic rings. The van der Waals surface area contributed by atoms with Gasteiger partial charge in [-0.3, -0.25) is 4.79 Å². The fourth-order valence-corrected chi connectivity index (χ4v) is 4.90. The first-order valence-corrected chi connectivity index (χ1v) is 10.2. The molecule has 1 amide bonds. The Balaban J connectivity index is 1.69. The van der Waals surface area contributed by atoms with Crippen LogP contribution in [-0.2, 0) is 9.84 Å². The number of hydrogen-bond donors (Lipinski definition) is 1. The standard InChI is InChI=1S/C18H22N4O3S/c1-12-6-13(2)8-14(7-12)21-18(23)16-9-20-17(10-19-16)22(3)15-4-5-26(24,25)11-15/h6-10,15H,4-5,11H2,1-3H3,(H,21,23). The smallest absolute Gasteiger partial charge is 0.275 e. The van der Waals surface area contributed by atoms with E-state index in [1.165, 1.54) is 12.4 Å². The summed E-state index contributed by atoms with van der Waals surface area (Å²) >= 11 is 0. The molecule has 1 aromatic carbocycles. The van der Waals surface area contributed by atoms with Crippen molar-refractivity contribution in [3.8, 4) is 0 Å². The Bertz CT molecular complexity index is 906. The summed E-state index contributed by atoms with van der Waals surface area (Å²) in [5, 5.41) is 2.82. The maximum atomic E-state index is 12.4. The predicted molar refractivity (Wildman–Crippen MR) is 101 cm³/mol. The van der Waals surface area contributed by atoms with Crippen molar-refractivity contribution in [3.63, 3.8) is 0 Å². The summed E-state index contributed by atoms with van der Waals surface area (Å²) in [7, 11) is -1.17. The van der Waals surface area contributed by atoms with Crippen molar-refractivity contribution in [3.05, 3.63) is 47.4 Å². The zero-order valence-electron chi connectivity index (χ0n) is 15.1. The van der Waals surface area contributed by atoms with E-state index < -0.39 is 9.84 Å². The molecule has 7 nitrogen and oxygen atoms in total. The summed E-state index contributed by atoms with van der Waals surface area (Å²) in [6, 6.07) is 5.70. The molecule has 26 heavy (non-hydrogen) atoms. The lowest BCUT2D eigenvalue weighted by Gasteiger charge is -2.24. The number of nitrogens with zero attached hydrogens (tertiary/aromatic N) is 3. The van der Waals surface area contributed by atoms with Gasteiger partial charge in [0.2, 0.25) is 0 Å². The Morgan fingerprint density at radius 3 is 2.38 bits per heavy atom. The van der Waals surface area contributed by atoms with E-state index in [4.69, 9.17) is 0 Å². The second-order valence-corrected chi connectivity index (χ2v) is 8.99. The van der Waals surface area contributed by atoms with Gasteiger partial charge in [-0.05, 0) is 43.5 Å². The zero-order valence-corrected chi connectivity index (χ0v) is 15.9. The number of anilines is 2. The van der Waals surface area contributed by atoms with Crippen LogP contribution in [0.4, 0.5) is 11.5 Å². The number of carbonyl (C=O) groups is 1. The summed E-state index contributed by atoms with van der Waals surface area (Å²) < 4.78 is 23.3. The maximum absolute atomic E-state index is 12.4. The molecule has 1 fully saturated rings. The minimum atomic E-state index is -2.97. The molecule has 1 unspecified atom stereocenters. The van der Waals surface area contributed by atoms with Gasteiger partial charge in [0.15, 0.2) is 9.84 Å². The average molecular weight is 374 g/mol. The molecule has 8 heteroatoms. The summed E-state index contributed by atoms with van der Waals surface area (Å²) in [6.07, 6.45) is 3.49. The number of sulfone groups is 1. The van der Waals surface area contributed by atoms with Gasteiger partial charge in [-0.2, -0.15) is 0 Å². The summed E-state index contributed by atoms with van der Waals surface area (Å²) in [5.41, 5.74) is 3.05. The lowest BCUT2D eigenvalue weighted by molar-refractivity contribution is 0.102. The summed E-state index contributed by atoms with van der Waals surface area (Å²) in [5.74, 6) is 0.543. The molecule has 1 N–H and O–H groups in total. The third-order valence-electron chi connectivity index (χ3n) is 4.47. The Morgan fingerprint density at radius 2 is 1.85 bits per heavy atom. The van der Waals surface area contributed by atoms with Gasteiger partial charge in [0.25, 0.3) is 5.91 Å². The molecule has 1 saturated heterocycles. The third-order valence-corrected chi connectivity index (χ3v) is 6.22. The van der Waals surface area contributed by atoms with Crippen molar-refractivity contribution in [1.29, 1.82) is 0 Å². The van der Waals surface area contributed by atoms with Crippen molar-refractivity contribution in [2.24, 2.45) is 0 Å². The molecule has 0 bridgehead atoms. The van der Waals surface area contributed by atoms with Crippen LogP contribution in [0.1, 0.15) is 28.0 Å². The summed E-state index contributed by atoms with van der Waals surface area (Å²) in [4.78, 5) is 22.6. The highest BCUT2D eigenvalue weighted by Crippen LogP contribution is 2.21. The van der Waals surface area contributed by atoms with Gasteiger partial charge in [-0.25, -0.2) is 18.4 Å². The van der Waals surface area contributed by atoms with Gasteiger partial charge in [-0.15, -0.1) is 0 Å². The van der Waals surface area contributed by atoms with Crippen LogP contribution in [0.15, 0.2) is 30.6 Å². The van der Waals surface area contributed by atoms with Gasteiger partial charge in [0.1, 0.15) is 11.5 Å². The topological polar surface area (TPSA) is 92.3 Å². The number of hydrogen-bond acceptors (Lipinski definition) is 6. The highest BCUT2D eigenvalue weighted by atomic mass is 32.2. The van der Waals surface area contributed by atoms with E-state index >= 15 is 0 Å². The van der Waals surface area contributed by atoms with E-state index in [0.29, 0.717) is 17.9 Å². The van der Waals surface area contributed by atoms with Crippen molar-refractivity contribution < 1.29 is 13.2 Å². The molecule has 0 radical (unpaired) electrons. The van der Waals surface area contributed by atoms with Gasteiger partial charge >= 0.3 is 0 Å². The molecule has 2 heterocycles. The lowest BCUT2D eigenvalue weighted by Crippen LogP contribution is -2.33. The normalized spacial score (nSPS) is 18.5. The number of aryl methyl sites for hydroxylation is 2. The Hall–Kier alpha value is -2.48. The SMILES string of the molecule is Cc1cc(C)cc(NC(=O)c2cnc(N(C)C3CCS(=O)(=O)C3)cn2)c1. The lowest BCUT2D eigenvalue weighted by atomic mass is 10.1. The molecule has 1 aromatic heterocycles. The van der Waals surface area contributed by atoms with Crippen LogP contribution in [-0.4, -0.2) is 48.9 Å². The molecule has 3 rings (SSSR count). The minimum absolute atomic E-state index is 0.107. The number of aromatic nitrogens is 2. The van der Waals surface area contributed by atoms with Crippen LogP contribution in [0, 0.1) is 13.8 Å². The van der Waals surface area contributed by atoms with Gasteiger partial charge in [0, 0.05) is 18.8 Å². The quantitative estimate of drug-likeness (QED) is 0.880. The van der Waals surface area contributed by atoms with Crippen molar-refractivity contribution in [1.82, 2.24) is 9.97 Å². The predicted octanol–water partition coefficient (Wildman–Crippen LogP) is 1.97. The first-order valence-electron chi connectivity index (χ1n) is 8.38.